The van der Waals surface area contributed by atoms with Gasteiger partial charge in [0.25, 0.3) is 0 Å². The molecule has 5 heteroatoms. The Bertz CT molecular complexity index is 6520. The maximum Gasteiger partial charge on any atom is 0.0541 e. The third kappa shape index (κ3) is 15.1. The Hall–Kier alpha value is -13.6. The summed E-state index contributed by atoms with van der Waals surface area (Å²) in [5, 5.41) is 11.2. The molecule has 20 rings (SSSR count). The fourth-order valence-electron chi connectivity index (χ4n) is 15.4. The Morgan fingerprint density at radius 2 is 0.541 bits per heavy atom. The monoisotopic (exact) mass is 1490 g/mol. The third-order valence-electron chi connectivity index (χ3n) is 21.2. The predicted molar refractivity (Wildman–Crippen MR) is 477 cm³/mol. The Labute approximate surface area is 657 Å². The van der Waals surface area contributed by atoms with E-state index in [0.717, 1.165) is 22.3 Å². The van der Waals surface area contributed by atoms with Crippen molar-refractivity contribution >= 4 is 92.7 Å². The van der Waals surface area contributed by atoms with Gasteiger partial charge < -0.3 is 19.0 Å². The van der Waals surface area contributed by atoms with Crippen LogP contribution in [0.15, 0.2) is 423 Å². The van der Waals surface area contributed by atoms with Crippen LogP contribution in [0.1, 0.15) is 27.8 Å². The molecule has 0 unspecified atom stereocenters. The molecule has 20 aromatic rings. The molecule has 0 aliphatic heterocycles. The topological polar surface area (TPSA) is 26.8 Å². The average molecular weight is 1490 g/mol. The number of halogens is 1. The van der Waals surface area contributed by atoms with Crippen molar-refractivity contribution < 1.29 is 0 Å². The molecular formula is C106H81BrN4. The van der Waals surface area contributed by atoms with Gasteiger partial charge in [0.1, 0.15) is 0 Å². The molecule has 4 nitrogen and oxygen atoms in total. The molecule has 17 aromatic carbocycles. The summed E-state index contributed by atoms with van der Waals surface area (Å²) in [5.41, 5.74) is 32.3. The summed E-state index contributed by atoms with van der Waals surface area (Å²) in [6.07, 6.45) is 0.978. The molecule has 0 spiro atoms. The molecule has 0 aliphatic carbocycles. The summed E-state index contributed by atoms with van der Waals surface area (Å²) < 4.78 is 8.17. The molecule has 3 aromatic heterocycles. The van der Waals surface area contributed by atoms with Gasteiger partial charge in [-0.25, -0.2) is 0 Å². The minimum atomic E-state index is 0.978. The van der Waals surface area contributed by atoms with E-state index in [1.54, 1.807) is 0 Å². The van der Waals surface area contributed by atoms with Crippen molar-refractivity contribution in [3.05, 3.63) is 451 Å². The third-order valence-corrected chi connectivity index (χ3v) is 21.7. The number of fused-ring (bicyclic) bond motifs is 9. The fraction of sp³-hybridized carbons (Fsp3) is 0.0377. The zero-order chi connectivity index (χ0) is 75.0. The summed E-state index contributed by atoms with van der Waals surface area (Å²) in [7, 11) is 0. The van der Waals surface area contributed by atoms with Crippen LogP contribution < -0.4 is 5.32 Å². The summed E-state index contributed by atoms with van der Waals surface area (Å²) >= 11 is 3.55. The minimum Gasteiger partial charge on any atom is -0.355 e. The van der Waals surface area contributed by atoms with E-state index in [9.17, 15) is 0 Å². The van der Waals surface area contributed by atoms with Crippen LogP contribution >= 0.6 is 15.9 Å². The summed E-state index contributed by atoms with van der Waals surface area (Å²) in [5.74, 6) is 0. The quantitative estimate of drug-likeness (QED) is 0.130. The number of para-hydroxylation sites is 5. The van der Waals surface area contributed by atoms with Crippen LogP contribution in [0.5, 0.6) is 0 Å². The Morgan fingerprint density at radius 3 is 0.973 bits per heavy atom. The number of aryl methyl sites for hydroxylation is 3. The number of benzene rings is 17. The molecule has 0 bridgehead atoms. The van der Waals surface area contributed by atoms with Crippen molar-refractivity contribution in [2.75, 3.05) is 5.32 Å². The highest BCUT2D eigenvalue weighted by atomic mass is 79.9. The zero-order valence-corrected chi connectivity index (χ0v) is 63.8. The lowest BCUT2D eigenvalue weighted by molar-refractivity contribution is 1.16. The van der Waals surface area contributed by atoms with Crippen molar-refractivity contribution in [1.29, 1.82) is 0 Å². The van der Waals surface area contributed by atoms with Crippen LogP contribution in [0.25, 0.3) is 138 Å². The number of hydrogen-bond acceptors (Lipinski definition) is 1. The predicted octanol–water partition coefficient (Wildman–Crippen LogP) is 29.4. The van der Waals surface area contributed by atoms with Gasteiger partial charge in [-0.15, -0.1) is 0 Å². The van der Waals surface area contributed by atoms with E-state index in [1.165, 1.54) is 166 Å². The normalized spacial score (nSPS) is 11.1. The molecule has 3 heterocycles. The molecular weight excluding hydrogens is 1410 g/mol. The molecule has 532 valence electrons. The van der Waals surface area contributed by atoms with Gasteiger partial charge in [-0.05, 0) is 239 Å². The molecule has 1 N–H and O–H groups in total. The van der Waals surface area contributed by atoms with E-state index in [4.69, 9.17) is 0 Å². The van der Waals surface area contributed by atoms with E-state index in [0.29, 0.717) is 0 Å². The van der Waals surface area contributed by atoms with Gasteiger partial charge in [0, 0.05) is 65.2 Å². The van der Waals surface area contributed by atoms with Crippen LogP contribution in [0, 0.1) is 20.8 Å². The van der Waals surface area contributed by atoms with E-state index in [1.807, 2.05) is 0 Å². The minimum absolute atomic E-state index is 0.978. The second kappa shape index (κ2) is 32.1. The highest BCUT2D eigenvalue weighted by molar-refractivity contribution is 9.10. The molecule has 0 aliphatic rings. The van der Waals surface area contributed by atoms with Crippen molar-refractivity contribution in [2.45, 2.75) is 27.2 Å². The van der Waals surface area contributed by atoms with Crippen LogP contribution in [0.3, 0.4) is 0 Å². The average Bonchev–Trinajstić information content (AvgIpc) is 1.60. The number of rotatable bonds is 12. The second-order valence-corrected chi connectivity index (χ2v) is 29.3. The van der Waals surface area contributed by atoms with Gasteiger partial charge >= 0.3 is 0 Å². The van der Waals surface area contributed by atoms with Crippen LogP contribution in [-0.4, -0.2) is 13.7 Å². The van der Waals surface area contributed by atoms with Crippen LogP contribution in [0.4, 0.5) is 11.4 Å². The molecule has 0 amide bonds. The second-order valence-electron chi connectivity index (χ2n) is 28.4. The Kier molecular flexibility index (Phi) is 20.3. The first-order valence-electron chi connectivity index (χ1n) is 38.0. The van der Waals surface area contributed by atoms with Gasteiger partial charge in [-0.3, -0.25) is 0 Å². The van der Waals surface area contributed by atoms with Crippen molar-refractivity contribution in [2.24, 2.45) is 0 Å². The van der Waals surface area contributed by atoms with E-state index in [2.05, 4.69) is 474 Å². The maximum atomic E-state index is 3.55. The number of nitrogens with one attached hydrogen (secondary N) is 1. The van der Waals surface area contributed by atoms with Gasteiger partial charge in [-0.2, -0.15) is 0 Å². The van der Waals surface area contributed by atoms with E-state index >= 15 is 0 Å². The van der Waals surface area contributed by atoms with Gasteiger partial charge in [0.2, 0.25) is 0 Å². The molecule has 0 saturated carbocycles. The van der Waals surface area contributed by atoms with Crippen molar-refractivity contribution in [3.63, 3.8) is 0 Å². The van der Waals surface area contributed by atoms with Crippen molar-refractivity contribution in [3.8, 4) is 72.7 Å². The first-order valence-corrected chi connectivity index (χ1v) is 38.8. The first-order chi connectivity index (χ1) is 54.7. The summed E-state index contributed by atoms with van der Waals surface area (Å²) in [4.78, 5) is 0. The Balaban J connectivity index is 0.000000108. The maximum absolute atomic E-state index is 3.55. The van der Waals surface area contributed by atoms with Gasteiger partial charge in [0.05, 0.1) is 33.1 Å². The van der Waals surface area contributed by atoms with Gasteiger partial charge in [0.15, 0.2) is 0 Å². The van der Waals surface area contributed by atoms with Crippen LogP contribution in [0.2, 0.25) is 0 Å². The molecule has 111 heavy (non-hydrogen) atoms. The van der Waals surface area contributed by atoms with Crippen molar-refractivity contribution in [1.82, 2.24) is 13.7 Å². The number of nitrogens with zero attached hydrogens (tertiary/aromatic N) is 3. The zero-order valence-electron chi connectivity index (χ0n) is 62.3. The smallest absolute Gasteiger partial charge is 0.0541 e. The number of hydrogen-bond donors (Lipinski definition) is 1. The largest absolute Gasteiger partial charge is 0.355 e. The standard InChI is InChI=1S/C30H20BrN.C27H25N.C25H19N.C24H17N/c31-25-15-11-22(12-16-25)24-14-18-30-28(20-24)27-19-23(21-7-3-1-4-8-21)13-17-29(27)32(30)26-9-5-2-6-10-26;1-20-7-3-5-9-25(20)19-22-11-13-23(14-12-22)24-15-17-26(18-16-24)28-27-10-6-4-8-21(27)2;1-18-12-14-24-22(16-18)23-17-20(19-8-4-2-5-9-19)13-15-25(23)26(24)21-10-6-3-7-11-21;1-3-9-18(10-4-1)19-15-16-24-22(17-19)21-13-7-8-14-23(21)25(24)20-11-5-2-6-12-20/h1-20H;3-18,28H,19H2,1-2H3;2-17H,1H3;1-17H. The van der Waals surface area contributed by atoms with Gasteiger partial charge in [-0.1, -0.05) is 307 Å². The van der Waals surface area contributed by atoms with E-state index in [-0.39, 0.29) is 0 Å². The lowest BCUT2D eigenvalue weighted by Gasteiger charge is -2.11. The lowest BCUT2D eigenvalue weighted by atomic mass is 9.98. The summed E-state index contributed by atoms with van der Waals surface area (Å²) in [6, 6.07) is 149. The molecule has 0 atom stereocenters. The highest BCUT2D eigenvalue weighted by Crippen LogP contribution is 2.41. The molecule has 0 fully saturated rings. The molecule has 0 radical (unpaired) electrons. The number of aromatic nitrogens is 3. The first kappa shape index (κ1) is 70.4. The highest BCUT2D eigenvalue weighted by Gasteiger charge is 2.18. The summed E-state index contributed by atoms with van der Waals surface area (Å²) in [6.45, 7) is 6.46. The fourth-order valence-corrected chi connectivity index (χ4v) is 15.7. The van der Waals surface area contributed by atoms with E-state index < -0.39 is 0 Å². The number of anilines is 2. The lowest BCUT2D eigenvalue weighted by Crippen LogP contribution is -1.93. The SMILES string of the molecule is Brc1ccc(-c2ccc3c(c2)c2cc(-c4ccccc4)ccc2n3-c2ccccc2)cc1.Cc1ccc2c(c1)c1cc(-c3ccccc3)ccc1n2-c1ccccc1.Cc1ccccc1Cc1ccc(-c2ccc(Nc3ccccc3C)cc2)cc1.c1ccc(-c2ccc3c(c2)c2ccccc2n3-c2ccccc2)cc1. The van der Waals surface area contributed by atoms with Crippen LogP contribution in [-0.2, 0) is 6.42 Å². The molecule has 0 saturated heterocycles. The Morgan fingerprint density at radius 1 is 0.234 bits per heavy atom.